The summed E-state index contributed by atoms with van der Waals surface area (Å²) < 4.78 is 30.6. The van der Waals surface area contributed by atoms with Crippen LogP contribution in [0.3, 0.4) is 0 Å². The van der Waals surface area contributed by atoms with Gasteiger partial charge in [-0.1, -0.05) is 0 Å². The molecule has 1 aliphatic heterocycles. The van der Waals surface area contributed by atoms with Crippen molar-refractivity contribution in [2.24, 2.45) is 4.99 Å². The van der Waals surface area contributed by atoms with Crippen LogP contribution in [0.1, 0.15) is 5.56 Å². The summed E-state index contributed by atoms with van der Waals surface area (Å²) in [4.78, 5) is 4.16. The molecule has 16 heavy (non-hydrogen) atoms. The van der Waals surface area contributed by atoms with E-state index in [0.29, 0.717) is 19.0 Å². The van der Waals surface area contributed by atoms with Gasteiger partial charge in [-0.15, -0.1) is 0 Å². The van der Waals surface area contributed by atoms with Crippen LogP contribution in [0.25, 0.3) is 4.24 Å². The third kappa shape index (κ3) is 2.18. The molecular formula is C9H8ClN2O3S-. The first-order valence-electron chi connectivity index (χ1n) is 4.49. The van der Waals surface area contributed by atoms with E-state index in [1.807, 2.05) is 0 Å². The van der Waals surface area contributed by atoms with Crippen molar-refractivity contribution in [3.63, 3.8) is 0 Å². The van der Waals surface area contributed by atoms with Crippen LogP contribution in [-0.2, 0) is 14.8 Å². The number of hydrogen-bond donors (Lipinski definition) is 0. The number of hydrogen-bond acceptors (Lipinski definition) is 4. The average Bonchev–Trinajstić information content (AvgIpc) is 2.83. The van der Waals surface area contributed by atoms with Crippen molar-refractivity contribution in [1.29, 1.82) is 0 Å². The molecule has 0 saturated heterocycles. The predicted octanol–water partition coefficient (Wildman–Crippen LogP) is 1.68. The molecule has 0 saturated carbocycles. The van der Waals surface area contributed by atoms with Gasteiger partial charge in [-0.3, -0.25) is 11.8 Å². The zero-order valence-electron chi connectivity index (χ0n) is 8.13. The zero-order chi connectivity index (χ0) is 11.6. The van der Waals surface area contributed by atoms with E-state index in [-0.39, 0.29) is 4.90 Å². The highest BCUT2D eigenvalue weighted by molar-refractivity contribution is 7.95. The largest absolute Gasteiger partial charge is 0.476 e. The van der Waals surface area contributed by atoms with E-state index in [4.69, 9.17) is 16.5 Å². The van der Waals surface area contributed by atoms with Crippen molar-refractivity contribution in [3.8, 4) is 0 Å². The summed E-state index contributed by atoms with van der Waals surface area (Å²) in [6, 6.07) is 6.06. The Labute approximate surface area is 98.3 Å². The number of nitrogens with zero attached hydrogens (tertiary/aromatic N) is 2. The van der Waals surface area contributed by atoms with E-state index in [9.17, 15) is 8.42 Å². The van der Waals surface area contributed by atoms with Crippen molar-refractivity contribution in [2.75, 3.05) is 13.2 Å². The average molecular weight is 260 g/mol. The minimum atomic E-state index is -3.73. The quantitative estimate of drug-likeness (QED) is 0.829. The fourth-order valence-electron chi connectivity index (χ4n) is 1.32. The van der Waals surface area contributed by atoms with E-state index in [2.05, 4.69) is 9.23 Å². The van der Waals surface area contributed by atoms with Gasteiger partial charge in [0.25, 0.3) is 0 Å². The Hall–Kier alpha value is -1.11. The number of aliphatic imine (C=N–C) groups is 1. The van der Waals surface area contributed by atoms with Crippen LogP contribution in [0.15, 0.2) is 34.2 Å². The molecule has 0 amide bonds. The molecule has 0 radical (unpaired) electrons. The highest BCUT2D eigenvalue weighted by atomic mass is 35.5. The van der Waals surface area contributed by atoms with Gasteiger partial charge in [0, 0.05) is 10.5 Å². The Morgan fingerprint density at radius 2 is 2.00 bits per heavy atom. The van der Waals surface area contributed by atoms with Crippen LogP contribution >= 0.6 is 11.8 Å². The molecule has 2 rings (SSSR count). The van der Waals surface area contributed by atoms with E-state index < -0.39 is 10.0 Å². The highest BCUT2D eigenvalue weighted by Gasteiger charge is 2.11. The van der Waals surface area contributed by atoms with Crippen molar-refractivity contribution in [1.82, 2.24) is 0 Å². The maximum Gasteiger partial charge on any atom is 0.216 e. The molecule has 0 aromatic heterocycles. The molecule has 0 bridgehead atoms. The summed E-state index contributed by atoms with van der Waals surface area (Å²) in [6.45, 7) is 1.19. The lowest BCUT2D eigenvalue weighted by Crippen LogP contribution is -2.02. The van der Waals surface area contributed by atoms with E-state index in [0.717, 1.165) is 5.56 Å². The Bertz CT molecular complexity index is 510. The van der Waals surface area contributed by atoms with Crippen molar-refractivity contribution in [2.45, 2.75) is 4.90 Å². The van der Waals surface area contributed by atoms with Crippen LogP contribution in [-0.4, -0.2) is 27.5 Å². The maximum atomic E-state index is 11.3. The summed E-state index contributed by atoms with van der Waals surface area (Å²) >= 11 is 4.98. The number of rotatable bonds is 3. The molecule has 0 atom stereocenters. The van der Waals surface area contributed by atoms with Crippen LogP contribution in [0.4, 0.5) is 0 Å². The Morgan fingerprint density at radius 1 is 1.31 bits per heavy atom. The summed E-state index contributed by atoms with van der Waals surface area (Å²) in [5.41, 5.74) is 0.742. The monoisotopic (exact) mass is 259 g/mol. The second-order valence-electron chi connectivity index (χ2n) is 3.10. The van der Waals surface area contributed by atoms with Gasteiger partial charge < -0.3 is 8.98 Å². The van der Waals surface area contributed by atoms with Gasteiger partial charge in [0.15, 0.2) is 0 Å². The van der Waals surface area contributed by atoms with Crippen molar-refractivity contribution < 1.29 is 13.2 Å². The number of halogens is 1. The predicted molar refractivity (Wildman–Crippen MR) is 60.2 cm³/mol. The molecule has 1 aliphatic rings. The summed E-state index contributed by atoms with van der Waals surface area (Å²) in [6.07, 6.45) is 0. The minimum absolute atomic E-state index is 0.0462. The van der Waals surface area contributed by atoms with Gasteiger partial charge in [0.1, 0.15) is 16.6 Å². The van der Waals surface area contributed by atoms with Crippen LogP contribution in [0, 0.1) is 0 Å². The minimum Gasteiger partial charge on any atom is -0.476 e. The zero-order valence-corrected chi connectivity index (χ0v) is 9.70. The third-order valence-electron chi connectivity index (χ3n) is 2.08. The molecule has 86 valence electrons. The first kappa shape index (κ1) is 11.4. The van der Waals surface area contributed by atoms with E-state index in [1.54, 1.807) is 12.1 Å². The molecule has 0 spiro atoms. The number of benzene rings is 1. The van der Waals surface area contributed by atoms with E-state index in [1.165, 1.54) is 12.1 Å². The molecule has 0 unspecified atom stereocenters. The molecule has 0 fully saturated rings. The van der Waals surface area contributed by atoms with Crippen LogP contribution in [0.2, 0.25) is 0 Å². The van der Waals surface area contributed by atoms with Gasteiger partial charge in [0.2, 0.25) is 5.90 Å². The van der Waals surface area contributed by atoms with Gasteiger partial charge in [-0.25, -0.2) is 13.4 Å². The smallest absolute Gasteiger partial charge is 0.216 e. The van der Waals surface area contributed by atoms with Gasteiger partial charge >= 0.3 is 0 Å². The van der Waals surface area contributed by atoms with E-state index >= 15 is 0 Å². The highest BCUT2D eigenvalue weighted by Crippen LogP contribution is 2.19. The molecule has 1 heterocycles. The van der Waals surface area contributed by atoms with Gasteiger partial charge in [0.05, 0.1) is 6.54 Å². The fourth-order valence-corrected chi connectivity index (χ4v) is 2.12. The molecule has 7 heteroatoms. The van der Waals surface area contributed by atoms with Crippen LogP contribution < -0.4 is 0 Å². The SMILES string of the molecule is O=S(=O)([N-]Cl)c1ccc(C2=NCCO2)cc1. The van der Waals surface area contributed by atoms with Crippen LogP contribution in [0.5, 0.6) is 0 Å². The molecule has 1 aromatic carbocycles. The van der Waals surface area contributed by atoms with Gasteiger partial charge in [-0.05, 0) is 24.3 Å². The second-order valence-corrected chi connectivity index (χ2v) is 5.08. The summed E-state index contributed by atoms with van der Waals surface area (Å²) in [5.74, 6) is 0.534. The van der Waals surface area contributed by atoms with Crippen molar-refractivity contribution in [3.05, 3.63) is 34.1 Å². The molecule has 1 aromatic rings. The summed E-state index contributed by atoms with van der Waals surface area (Å²) in [7, 11) is -3.73. The molecule has 0 N–H and O–H groups in total. The third-order valence-corrected chi connectivity index (χ3v) is 3.67. The standard InChI is InChI=1S/C9H8ClN2O3S/c10-12-16(13,14)8-3-1-7(2-4-8)9-11-5-6-15-9/h1-4H,5-6H2/q-1. The second kappa shape index (κ2) is 4.40. The Kier molecular flexibility index (Phi) is 3.13. The summed E-state index contributed by atoms with van der Waals surface area (Å²) in [5, 5.41) is 0. The Balaban J connectivity index is 2.29. The maximum absolute atomic E-state index is 11.3. The lowest BCUT2D eigenvalue weighted by Gasteiger charge is -2.12. The molecule has 0 aliphatic carbocycles. The Morgan fingerprint density at radius 3 is 2.50 bits per heavy atom. The number of ether oxygens (including phenoxy) is 1. The fraction of sp³-hybridized carbons (Fsp3) is 0.222. The van der Waals surface area contributed by atoms with Gasteiger partial charge in [-0.2, -0.15) is 0 Å². The molecular weight excluding hydrogens is 252 g/mol. The normalized spacial score (nSPS) is 15.7. The lowest BCUT2D eigenvalue weighted by molar-refractivity contribution is 0.348. The van der Waals surface area contributed by atoms with Crippen molar-refractivity contribution >= 4 is 27.7 Å². The number of sulfonamides is 1. The first-order chi connectivity index (χ1) is 7.63. The molecule has 5 nitrogen and oxygen atoms in total. The topological polar surface area (TPSA) is 69.8 Å². The lowest BCUT2D eigenvalue weighted by atomic mass is 10.2. The first-order valence-corrected chi connectivity index (χ1v) is 6.27.